The van der Waals surface area contributed by atoms with Crippen LogP contribution in [0.5, 0.6) is 0 Å². The number of hydrogen-bond acceptors (Lipinski definition) is 4. The Morgan fingerprint density at radius 1 is 1.14 bits per heavy atom. The number of carbonyl (C=O) groups excluding carboxylic acids is 1. The molecule has 0 aromatic heterocycles. The van der Waals surface area contributed by atoms with Crippen molar-refractivity contribution < 1.29 is 14.1 Å². The maximum absolute atomic E-state index is 11.3. The molecule has 0 fully saturated rings. The first-order valence-electron chi connectivity index (χ1n) is 6.26. The van der Waals surface area contributed by atoms with Crippen LogP contribution in [0.15, 0.2) is 58.4 Å². The molecule has 0 amide bonds. The lowest BCUT2D eigenvalue weighted by Gasteiger charge is -2.03. The molecular weight excluding hydrogens is 286 g/mol. The smallest absolute Gasteiger partial charge is 0.337 e. The lowest BCUT2D eigenvalue weighted by Crippen LogP contribution is -2.00. The van der Waals surface area contributed by atoms with Gasteiger partial charge in [-0.25, -0.2) is 4.79 Å². The second-order valence-corrected chi connectivity index (χ2v) is 5.70. The van der Waals surface area contributed by atoms with Crippen LogP contribution in [-0.4, -0.2) is 30.1 Å². The molecule has 0 aliphatic rings. The van der Waals surface area contributed by atoms with Gasteiger partial charge in [-0.05, 0) is 53.1 Å². The second kappa shape index (κ2) is 7.06. The van der Waals surface area contributed by atoms with Gasteiger partial charge in [-0.1, -0.05) is 12.1 Å². The average molecular weight is 301 g/mol. The van der Waals surface area contributed by atoms with Crippen molar-refractivity contribution in [3.05, 3.63) is 59.7 Å². The van der Waals surface area contributed by atoms with Crippen LogP contribution >= 0.6 is 0 Å². The lowest BCUT2D eigenvalue weighted by molar-refractivity contribution is 0.0600. The standard InChI is InChI=1S/C16H15NO3S/c1-20-16(18)13-5-3-12(4-6-13)11-17-14-7-9-15(10-8-14)21(2)19/h3-11H,1-2H3. The Hall–Kier alpha value is -2.11. The van der Waals surface area contributed by atoms with E-state index in [2.05, 4.69) is 9.73 Å². The highest BCUT2D eigenvalue weighted by molar-refractivity contribution is 7.90. The van der Waals surface area contributed by atoms with Crippen molar-refractivity contribution in [1.82, 2.24) is 0 Å². The Bertz CT molecular complexity index is 634. The Labute approximate surface area is 126 Å². The summed E-state index contributed by atoms with van der Waals surface area (Å²) in [5.41, 5.74) is 2.16. The number of rotatable bonds is 4. The third-order valence-corrected chi connectivity index (χ3v) is 3.80. The fourth-order valence-electron chi connectivity index (χ4n) is 1.70. The normalized spacial score (nSPS) is 12.3. The van der Waals surface area contributed by atoms with Crippen LogP contribution in [0.4, 0.5) is 5.69 Å². The largest absolute Gasteiger partial charge is 0.612 e. The number of aliphatic imine (C=N–C) groups is 1. The van der Waals surface area contributed by atoms with Crippen LogP contribution in [0.1, 0.15) is 15.9 Å². The molecule has 2 aromatic rings. The summed E-state index contributed by atoms with van der Waals surface area (Å²) in [6.07, 6.45) is 3.35. The maximum atomic E-state index is 11.3. The van der Waals surface area contributed by atoms with E-state index in [9.17, 15) is 9.35 Å². The molecule has 2 aromatic carbocycles. The summed E-state index contributed by atoms with van der Waals surface area (Å²) in [7, 11) is 1.35. The molecule has 21 heavy (non-hydrogen) atoms. The van der Waals surface area contributed by atoms with E-state index in [-0.39, 0.29) is 5.97 Å². The zero-order valence-corrected chi connectivity index (χ0v) is 12.6. The summed E-state index contributed by atoms with van der Waals surface area (Å²) < 4.78 is 15.9. The van der Waals surface area contributed by atoms with Crippen molar-refractivity contribution in [1.29, 1.82) is 0 Å². The van der Waals surface area contributed by atoms with Gasteiger partial charge < -0.3 is 9.29 Å². The first-order valence-corrected chi connectivity index (χ1v) is 7.82. The lowest BCUT2D eigenvalue weighted by atomic mass is 10.1. The highest BCUT2D eigenvalue weighted by Gasteiger charge is 2.04. The summed E-state index contributed by atoms with van der Waals surface area (Å²) in [5, 5.41) is 0. The minimum Gasteiger partial charge on any atom is -0.612 e. The van der Waals surface area contributed by atoms with Gasteiger partial charge in [-0.2, -0.15) is 0 Å². The number of esters is 1. The molecule has 5 heteroatoms. The van der Waals surface area contributed by atoms with E-state index in [0.29, 0.717) is 5.56 Å². The monoisotopic (exact) mass is 301 g/mol. The van der Waals surface area contributed by atoms with Crippen molar-refractivity contribution in [2.24, 2.45) is 4.99 Å². The number of methoxy groups -OCH3 is 1. The van der Waals surface area contributed by atoms with Crippen molar-refractivity contribution in [2.75, 3.05) is 13.4 Å². The average Bonchev–Trinajstić information content (AvgIpc) is 2.53. The maximum Gasteiger partial charge on any atom is 0.337 e. The molecule has 0 radical (unpaired) electrons. The van der Waals surface area contributed by atoms with Crippen LogP contribution in [-0.2, 0) is 15.9 Å². The van der Waals surface area contributed by atoms with Gasteiger partial charge in [0.1, 0.15) is 6.26 Å². The van der Waals surface area contributed by atoms with Gasteiger partial charge in [0.15, 0.2) is 4.90 Å². The van der Waals surface area contributed by atoms with E-state index >= 15 is 0 Å². The summed E-state index contributed by atoms with van der Waals surface area (Å²) >= 11 is -0.981. The SMILES string of the molecule is COC(=O)c1ccc(C=Nc2ccc([S+](C)[O-])cc2)cc1. The molecule has 108 valence electrons. The Morgan fingerprint density at radius 3 is 2.29 bits per heavy atom. The Kier molecular flexibility index (Phi) is 5.14. The van der Waals surface area contributed by atoms with Crippen molar-refractivity contribution >= 4 is 29.0 Å². The number of nitrogens with zero attached hydrogens (tertiary/aromatic N) is 1. The Balaban J connectivity index is 2.08. The molecule has 1 atom stereocenters. The molecule has 0 aliphatic heterocycles. The fourth-order valence-corrected chi connectivity index (χ4v) is 2.22. The zero-order valence-electron chi connectivity index (χ0n) is 11.8. The molecule has 0 spiro atoms. The van der Waals surface area contributed by atoms with Crippen LogP contribution in [0, 0.1) is 0 Å². The first-order chi connectivity index (χ1) is 10.1. The van der Waals surface area contributed by atoms with Crippen LogP contribution in [0.3, 0.4) is 0 Å². The number of ether oxygens (including phenoxy) is 1. The molecule has 2 rings (SSSR count). The second-order valence-electron chi connectivity index (χ2n) is 4.32. The third-order valence-electron chi connectivity index (χ3n) is 2.86. The van der Waals surface area contributed by atoms with Gasteiger partial charge in [0, 0.05) is 6.21 Å². The minimum absolute atomic E-state index is 0.360. The van der Waals surface area contributed by atoms with Gasteiger partial charge in [0.2, 0.25) is 0 Å². The summed E-state index contributed by atoms with van der Waals surface area (Å²) in [6.45, 7) is 0. The molecular formula is C16H15NO3S. The summed E-state index contributed by atoms with van der Waals surface area (Å²) in [5.74, 6) is -0.360. The van der Waals surface area contributed by atoms with E-state index in [4.69, 9.17) is 0 Å². The van der Waals surface area contributed by atoms with E-state index in [1.54, 1.807) is 48.9 Å². The number of hydrogen-bond donors (Lipinski definition) is 0. The highest BCUT2D eigenvalue weighted by atomic mass is 32.2. The van der Waals surface area contributed by atoms with Gasteiger partial charge in [0.05, 0.1) is 18.4 Å². The molecule has 0 bridgehead atoms. The number of benzene rings is 2. The highest BCUT2D eigenvalue weighted by Crippen LogP contribution is 2.16. The van der Waals surface area contributed by atoms with Gasteiger partial charge in [0.25, 0.3) is 0 Å². The van der Waals surface area contributed by atoms with Crippen LogP contribution < -0.4 is 0 Å². The summed E-state index contributed by atoms with van der Waals surface area (Å²) in [6, 6.07) is 14.2. The van der Waals surface area contributed by atoms with Gasteiger partial charge >= 0.3 is 5.97 Å². The summed E-state index contributed by atoms with van der Waals surface area (Å²) in [4.78, 5) is 16.4. The topological polar surface area (TPSA) is 61.7 Å². The van der Waals surface area contributed by atoms with Gasteiger partial charge in [-0.15, -0.1) is 0 Å². The van der Waals surface area contributed by atoms with E-state index < -0.39 is 11.2 Å². The first kappa shape index (κ1) is 15.3. The molecule has 0 saturated heterocycles. The minimum atomic E-state index is -0.981. The van der Waals surface area contributed by atoms with E-state index in [0.717, 1.165) is 16.1 Å². The molecule has 0 heterocycles. The number of carbonyl (C=O) groups is 1. The van der Waals surface area contributed by atoms with Crippen molar-refractivity contribution in [3.63, 3.8) is 0 Å². The van der Waals surface area contributed by atoms with Crippen molar-refractivity contribution in [2.45, 2.75) is 4.90 Å². The van der Waals surface area contributed by atoms with Crippen molar-refractivity contribution in [3.8, 4) is 0 Å². The predicted molar refractivity (Wildman–Crippen MR) is 83.8 cm³/mol. The predicted octanol–water partition coefficient (Wildman–Crippen LogP) is 2.96. The fraction of sp³-hybridized carbons (Fsp3) is 0.125. The molecule has 1 unspecified atom stereocenters. The van der Waals surface area contributed by atoms with Crippen LogP contribution in [0.2, 0.25) is 0 Å². The molecule has 0 aliphatic carbocycles. The van der Waals surface area contributed by atoms with Gasteiger partial charge in [-0.3, -0.25) is 4.99 Å². The zero-order chi connectivity index (χ0) is 15.2. The van der Waals surface area contributed by atoms with Crippen LogP contribution in [0.25, 0.3) is 0 Å². The molecule has 4 nitrogen and oxygen atoms in total. The van der Waals surface area contributed by atoms with E-state index in [1.807, 2.05) is 12.1 Å². The van der Waals surface area contributed by atoms with E-state index in [1.165, 1.54) is 7.11 Å². The molecule has 0 N–H and O–H groups in total. The quantitative estimate of drug-likeness (QED) is 0.495. The Morgan fingerprint density at radius 2 is 1.76 bits per heavy atom. The molecule has 0 saturated carbocycles. The third kappa shape index (κ3) is 4.18.